The van der Waals surface area contributed by atoms with Crippen molar-refractivity contribution in [1.29, 1.82) is 0 Å². The molecule has 4 nitrogen and oxygen atoms in total. The Balaban J connectivity index is 2.17. The third-order valence-corrected chi connectivity index (χ3v) is 3.39. The van der Waals surface area contributed by atoms with Gasteiger partial charge in [0.05, 0.1) is 28.3 Å². The first-order valence-corrected chi connectivity index (χ1v) is 6.18. The predicted molar refractivity (Wildman–Crippen MR) is 72.5 cm³/mol. The minimum atomic E-state index is 0.235. The molecule has 0 aliphatic carbocycles. The molecule has 0 spiro atoms. The van der Waals surface area contributed by atoms with Gasteiger partial charge in [-0.15, -0.1) is 0 Å². The predicted octanol–water partition coefficient (Wildman–Crippen LogP) is 2.73. The summed E-state index contributed by atoms with van der Waals surface area (Å²) in [7, 11) is 0. The van der Waals surface area contributed by atoms with Crippen LogP contribution in [0.4, 0.5) is 5.69 Å². The molecule has 0 aromatic heterocycles. The highest BCUT2D eigenvalue weighted by Gasteiger charge is 2.24. The van der Waals surface area contributed by atoms with E-state index in [4.69, 9.17) is 29.0 Å². The van der Waals surface area contributed by atoms with Crippen molar-refractivity contribution >= 4 is 34.8 Å². The average Bonchev–Trinajstić information content (AvgIpc) is 2.65. The molecule has 2 rings (SSSR count). The molecule has 6 heteroatoms. The van der Waals surface area contributed by atoms with Crippen molar-refractivity contribution in [2.75, 3.05) is 11.9 Å². The van der Waals surface area contributed by atoms with Crippen LogP contribution in [0.5, 0.6) is 0 Å². The van der Waals surface area contributed by atoms with Crippen LogP contribution in [0.3, 0.4) is 0 Å². The Hall–Kier alpha value is -0.970. The molecule has 3 N–H and O–H groups in total. The van der Waals surface area contributed by atoms with Crippen LogP contribution in [0.15, 0.2) is 23.2 Å². The summed E-state index contributed by atoms with van der Waals surface area (Å²) in [6.07, 6.45) is 0.946. The summed E-state index contributed by atoms with van der Waals surface area (Å²) in [5, 5.41) is 5.80. The summed E-state index contributed by atoms with van der Waals surface area (Å²) in [6, 6.07) is 5.56. The van der Waals surface area contributed by atoms with Crippen molar-refractivity contribution in [2.45, 2.75) is 19.4 Å². The number of guanidine groups is 1. The highest BCUT2D eigenvalue weighted by Crippen LogP contribution is 2.30. The summed E-state index contributed by atoms with van der Waals surface area (Å²) in [6.45, 7) is 2.77. The number of nitrogens with zero attached hydrogens (tertiary/aromatic N) is 2. The van der Waals surface area contributed by atoms with E-state index in [1.165, 1.54) is 0 Å². The van der Waals surface area contributed by atoms with Gasteiger partial charge in [0, 0.05) is 0 Å². The Morgan fingerprint density at radius 3 is 2.65 bits per heavy atom. The van der Waals surface area contributed by atoms with E-state index in [9.17, 15) is 0 Å². The van der Waals surface area contributed by atoms with Crippen LogP contribution in [-0.4, -0.2) is 23.6 Å². The largest absolute Gasteiger partial charge is 0.323 e. The van der Waals surface area contributed by atoms with Crippen molar-refractivity contribution in [3.8, 4) is 0 Å². The highest BCUT2D eigenvalue weighted by molar-refractivity contribution is 6.39. The van der Waals surface area contributed by atoms with Crippen LogP contribution in [0, 0.1) is 0 Å². The Morgan fingerprint density at radius 1 is 1.47 bits per heavy atom. The normalized spacial score (nSPS) is 19.4. The maximum Gasteiger partial charge on any atom is 0.213 e. The van der Waals surface area contributed by atoms with E-state index in [2.05, 4.69) is 17.2 Å². The molecule has 1 aliphatic heterocycles. The molecule has 1 unspecified atom stereocenters. The molecule has 1 aromatic carbocycles. The van der Waals surface area contributed by atoms with Crippen LogP contribution >= 0.6 is 23.2 Å². The van der Waals surface area contributed by atoms with Gasteiger partial charge in [0.25, 0.3) is 0 Å². The Labute approximate surface area is 110 Å². The monoisotopic (exact) mass is 272 g/mol. The lowest BCUT2D eigenvalue weighted by Gasteiger charge is -2.22. The highest BCUT2D eigenvalue weighted by atomic mass is 35.5. The zero-order chi connectivity index (χ0) is 12.4. The SMILES string of the molecule is CCC1CN=C(Nc2c(Cl)cccc2Cl)N1N. The summed E-state index contributed by atoms with van der Waals surface area (Å²) in [4.78, 5) is 4.34. The van der Waals surface area contributed by atoms with Gasteiger partial charge >= 0.3 is 0 Å². The third kappa shape index (κ3) is 2.49. The first-order valence-electron chi connectivity index (χ1n) is 5.43. The molecule has 0 fully saturated rings. The fraction of sp³-hybridized carbons (Fsp3) is 0.364. The second-order valence-corrected chi connectivity index (χ2v) is 4.67. The smallest absolute Gasteiger partial charge is 0.213 e. The fourth-order valence-electron chi connectivity index (χ4n) is 1.69. The molecule has 1 atom stereocenters. The van der Waals surface area contributed by atoms with Gasteiger partial charge in [-0.25, -0.2) is 10.8 Å². The van der Waals surface area contributed by atoms with E-state index in [-0.39, 0.29) is 6.04 Å². The van der Waals surface area contributed by atoms with Crippen molar-refractivity contribution in [3.05, 3.63) is 28.2 Å². The van der Waals surface area contributed by atoms with Gasteiger partial charge in [0.1, 0.15) is 0 Å². The van der Waals surface area contributed by atoms with Crippen LogP contribution in [-0.2, 0) is 0 Å². The van der Waals surface area contributed by atoms with Crippen LogP contribution < -0.4 is 11.2 Å². The quantitative estimate of drug-likeness (QED) is 0.814. The van der Waals surface area contributed by atoms with E-state index in [1.54, 1.807) is 23.2 Å². The van der Waals surface area contributed by atoms with Crippen LogP contribution in [0.25, 0.3) is 0 Å². The molecule has 1 aromatic rings. The zero-order valence-electron chi connectivity index (χ0n) is 9.45. The summed E-state index contributed by atoms with van der Waals surface area (Å²) in [5.74, 6) is 6.54. The third-order valence-electron chi connectivity index (χ3n) is 2.76. The number of anilines is 1. The number of para-hydroxylation sites is 1. The molecule has 17 heavy (non-hydrogen) atoms. The molecule has 0 bridgehead atoms. The van der Waals surface area contributed by atoms with E-state index in [0.717, 1.165) is 6.42 Å². The maximum atomic E-state index is 6.06. The van der Waals surface area contributed by atoms with Gasteiger partial charge in [0.2, 0.25) is 5.96 Å². The molecule has 0 radical (unpaired) electrons. The van der Waals surface area contributed by atoms with E-state index in [0.29, 0.717) is 28.2 Å². The van der Waals surface area contributed by atoms with Gasteiger partial charge in [0.15, 0.2) is 0 Å². The van der Waals surface area contributed by atoms with Gasteiger partial charge in [-0.05, 0) is 18.6 Å². The van der Waals surface area contributed by atoms with Gasteiger partial charge in [-0.1, -0.05) is 36.2 Å². The number of benzene rings is 1. The van der Waals surface area contributed by atoms with E-state index < -0.39 is 0 Å². The number of hydrogen-bond donors (Lipinski definition) is 2. The van der Waals surface area contributed by atoms with E-state index >= 15 is 0 Å². The summed E-state index contributed by atoms with van der Waals surface area (Å²) >= 11 is 12.1. The molecular weight excluding hydrogens is 259 g/mol. The minimum absolute atomic E-state index is 0.235. The molecule has 0 saturated carbocycles. The van der Waals surface area contributed by atoms with Crippen LogP contribution in [0.1, 0.15) is 13.3 Å². The first-order chi connectivity index (χ1) is 8.13. The van der Waals surface area contributed by atoms with Gasteiger partial charge < -0.3 is 5.32 Å². The second-order valence-electron chi connectivity index (χ2n) is 3.86. The van der Waals surface area contributed by atoms with Crippen molar-refractivity contribution in [2.24, 2.45) is 10.8 Å². The summed E-state index contributed by atoms with van der Waals surface area (Å²) < 4.78 is 0. The second kappa shape index (κ2) is 5.12. The number of halogens is 2. The minimum Gasteiger partial charge on any atom is -0.323 e. The average molecular weight is 273 g/mol. The molecule has 92 valence electrons. The van der Waals surface area contributed by atoms with Crippen LogP contribution in [0.2, 0.25) is 10.0 Å². The molecule has 0 saturated heterocycles. The molecular formula is C11H14Cl2N4. The molecule has 1 heterocycles. The standard InChI is InChI=1S/C11H14Cl2N4/c1-2-7-6-15-11(17(7)14)16-10-8(12)4-3-5-9(10)13/h3-5,7H,2,6,14H2,1H3,(H,15,16). The lowest BCUT2D eigenvalue weighted by molar-refractivity contribution is 0.346. The number of hydrazine groups is 1. The van der Waals surface area contributed by atoms with E-state index in [1.807, 2.05) is 0 Å². The molecule has 0 amide bonds. The Kier molecular flexibility index (Phi) is 3.76. The Bertz CT molecular complexity index is 427. The van der Waals surface area contributed by atoms with Crippen molar-refractivity contribution < 1.29 is 0 Å². The van der Waals surface area contributed by atoms with Gasteiger partial charge in [-0.3, -0.25) is 5.01 Å². The van der Waals surface area contributed by atoms with Gasteiger partial charge in [-0.2, -0.15) is 0 Å². The number of aliphatic imine (C=N–C) groups is 1. The maximum absolute atomic E-state index is 6.06. The Morgan fingerprint density at radius 2 is 2.12 bits per heavy atom. The lowest BCUT2D eigenvalue weighted by Crippen LogP contribution is -2.44. The molecule has 1 aliphatic rings. The zero-order valence-corrected chi connectivity index (χ0v) is 11.0. The van der Waals surface area contributed by atoms with Crippen molar-refractivity contribution in [1.82, 2.24) is 5.01 Å². The summed E-state index contributed by atoms with van der Waals surface area (Å²) in [5.41, 5.74) is 0.641. The topological polar surface area (TPSA) is 53.7 Å². The number of nitrogens with one attached hydrogen (secondary N) is 1. The fourth-order valence-corrected chi connectivity index (χ4v) is 2.19. The van der Waals surface area contributed by atoms with Crippen molar-refractivity contribution in [3.63, 3.8) is 0 Å². The number of rotatable bonds is 2. The lowest BCUT2D eigenvalue weighted by atomic mass is 10.2. The first kappa shape index (κ1) is 12.5. The number of hydrogen-bond acceptors (Lipinski definition) is 4. The number of nitrogens with two attached hydrogens (primary N) is 1.